The van der Waals surface area contributed by atoms with E-state index >= 15 is 0 Å². The van der Waals surface area contributed by atoms with Crippen LogP contribution in [0.1, 0.15) is 66.0 Å². The molecule has 3 aromatic carbocycles. The molecule has 0 unspecified atom stereocenters. The molecule has 346 valence electrons. The summed E-state index contributed by atoms with van der Waals surface area (Å²) in [6.45, 7) is 7.46. The van der Waals surface area contributed by atoms with Crippen molar-refractivity contribution in [3.8, 4) is 51.9 Å². The van der Waals surface area contributed by atoms with Crippen molar-refractivity contribution in [2.75, 3.05) is 46.4 Å². The number of nitrogens with zero attached hydrogens (tertiary/aromatic N) is 4. The number of likely N-dealkylation sites (N-methyl/N-ethyl adjacent to an activating group) is 1. The van der Waals surface area contributed by atoms with Gasteiger partial charge in [0.25, 0.3) is 5.91 Å². The van der Waals surface area contributed by atoms with Gasteiger partial charge in [0, 0.05) is 60.9 Å². The van der Waals surface area contributed by atoms with Gasteiger partial charge < -0.3 is 52.8 Å². The Balaban J connectivity index is 1.54. The minimum atomic E-state index is -1.41. The van der Waals surface area contributed by atoms with E-state index in [2.05, 4.69) is 43.1 Å². The van der Waals surface area contributed by atoms with Crippen LogP contribution in [0.3, 0.4) is 0 Å². The molecule has 0 saturated heterocycles. The first-order valence-corrected chi connectivity index (χ1v) is 21.6. The summed E-state index contributed by atoms with van der Waals surface area (Å²) in [6, 6.07) is 14.4. The Morgan fingerprint density at radius 3 is 2.21 bits per heavy atom. The average molecular weight is 900 g/mol. The molecule has 0 spiro atoms. The molecule has 4 bridgehead atoms. The van der Waals surface area contributed by atoms with Crippen LogP contribution in [0.2, 0.25) is 0 Å². The van der Waals surface area contributed by atoms with Gasteiger partial charge in [0.05, 0.1) is 17.3 Å². The predicted molar refractivity (Wildman–Crippen MR) is 247 cm³/mol. The Morgan fingerprint density at radius 1 is 0.924 bits per heavy atom. The molecule has 1 aromatic heterocycles. The van der Waals surface area contributed by atoms with Crippen LogP contribution in [0, 0.1) is 36.0 Å². The lowest BCUT2D eigenvalue weighted by molar-refractivity contribution is -0.141. The van der Waals surface area contributed by atoms with Crippen molar-refractivity contribution in [1.29, 1.82) is 5.26 Å². The molecule has 66 heavy (non-hydrogen) atoms. The van der Waals surface area contributed by atoms with Gasteiger partial charge in [-0.1, -0.05) is 37.8 Å². The zero-order chi connectivity index (χ0) is 47.9. The lowest BCUT2D eigenvalue weighted by Crippen LogP contribution is -2.56. The van der Waals surface area contributed by atoms with Crippen LogP contribution in [0.15, 0.2) is 66.9 Å². The highest BCUT2D eigenvalue weighted by molar-refractivity contribution is 6.00. The summed E-state index contributed by atoms with van der Waals surface area (Å²) in [4.78, 5) is 80.3. The molecule has 18 heteroatoms. The van der Waals surface area contributed by atoms with Gasteiger partial charge in [-0.05, 0) is 86.5 Å². The van der Waals surface area contributed by atoms with E-state index in [0.717, 1.165) is 11.1 Å². The smallest absolute Gasteiger partial charge is 0.255 e. The highest BCUT2D eigenvalue weighted by atomic mass is 16.5. The number of nitriles is 1. The molecule has 1 aliphatic rings. The van der Waals surface area contributed by atoms with E-state index in [1.165, 1.54) is 25.1 Å². The maximum absolute atomic E-state index is 14.6. The highest BCUT2D eigenvalue weighted by Gasteiger charge is 2.36. The number of nitrogens with one attached hydrogen (secondary N) is 4. The lowest BCUT2D eigenvalue weighted by atomic mass is 9.93. The van der Waals surface area contributed by atoms with Gasteiger partial charge in [-0.3, -0.25) is 24.0 Å². The molecule has 0 radical (unpaired) electrons. The number of hydrogen-bond donors (Lipinski definition) is 7. The second kappa shape index (κ2) is 23.5. The SMILES string of the molecule is Cc1nc(-c2ccc(C#CC(C)C)cc2)ncc1C(=O)N[C@@H](CCN)C(=O)N(C)[C@@H]1C(=O)N[C@@H](C)C(=O)N[C@H](C(=O)NCC#N)Cc2ccc(OCCN)c(c2)-c2cc1ccc2OCCN. The highest BCUT2D eigenvalue weighted by Crippen LogP contribution is 2.40. The number of amides is 5. The summed E-state index contributed by atoms with van der Waals surface area (Å²) in [5.41, 5.74) is 21.6. The molecule has 18 nitrogen and oxygen atoms in total. The Bertz CT molecular complexity index is 2510. The molecule has 0 aliphatic carbocycles. The Labute approximate surface area is 384 Å². The van der Waals surface area contributed by atoms with E-state index in [-0.39, 0.29) is 63.7 Å². The topological polar surface area (TPSA) is 283 Å². The second-order valence-corrected chi connectivity index (χ2v) is 15.9. The number of hydrogen-bond acceptors (Lipinski definition) is 13. The Morgan fingerprint density at radius 2 is 1.59 bits per heavy atom. The van der Waals surface area contributed by atoms with Gasteiger partial charge in [-0.15, -0.1) is 0 Å². The maximum Gasteiger partial charge on any atom is 0.255 e. The number of ether oxygens (including phenoxy) is 2. The van der Waals surface area contributed by atoms with Crippen molar-refractivity contribution in [3.05, 3.63) is 94.8 Å². The lowest BCUT2D eigenvalue weighted by Gasteiger charge is -2.32. The van der Waals surface area contributed by atoms with Crippen molar-refractivity contribution in [1.82, 2.24) is 36.1 Å². The summed E-state index contributed by atoms with van der Waals surface area (Å²) in [5, 5.41) is 19.8. The number of carbonyl (C=O) groups excluding carboxylic acids is 5. The van der Waals surface area contributed by atoms with E-state index < -0.39 is 53.7 Å². The zero-order valence-corrected chi connectivity index (χ0v) is 37.8. The van der Waals surface area contributed by atoms with Crippen molar-refractivity contribution in [2.45, 2.75) is 64.7 Å². The van der Waals surface area contributed by atoms with Crippen LogP contribution in [0.4, 0.5) is 0 Å². The van der Waals surface area contributed by atoms with Gasteiger partial charge in [-0.2, -0.15) is 5.26 Å². The fourth-order valence-corrected chi connectivity index (χ4v) is 7.12. The first kappa shape index (κ1) is 49.6. The van der Waals surface area contributed by atoms with Crippen LogP contribution in [-0.4, -0.2) is 109 Å². The van der Waals surface area contributed by atoms with Gasteiger partial charge in [-0.25, -0.2) is 9.97 Å². The fourth-order valence-electron chi connectivity index (χ4n) is 7.12. The van der Waals surface area contributed by atoms with E-state index in [1.807, 2.05) is 44.2 Å². The minimum Gasteiger partial charge on any atom is -0.492 e. The van der Waals surface area contributed by atoms with Gasteiger partial charge in [0.1, 0.15) is 55.4 Å². The molecule has 4 aromatic rings. The number of rotatable bonds is 15. The number of fused-ring (bicyclic) bond motifs is 5. The van der Waals surface area contributed by atoms with Gasteiger partial charge in [0.2, 0.25) is 23.6 Å². The van der Waals surface area contributed by atoms with Crippen molar-refractivity contribution in [3.63, 3.8) is 0 Å². The molecule has 0 saturated carbocycles. The molecule has 5 amide bonds. The van der Waals surface area contributed by atoms with E-state index in [4.69, 9.17) is 31.9 Å². The van der Waals surface area contributed by atoms with Crippen molar-refractivity contribution < 1.29 is 33.4 Å². The molecule has 2 heterocycles. The number of aryl methyl sites for hydroxylation is 1. The predicted octanol–water partition coefficient (Wildman–Crippen LogP) is 1.63. The quantitative estimate of drug-likeness (QED) is 0.0661. The van der Waals surface area contributed by atoms with Crippen LogP contribution in [0.5, 0.6) is 11.5 Å². The first-order chi connectivity index (χ1) is 31.7. The molecular formula is C48H57N11O7. The van der Waals surface area contributed by atoms with Crippen molar-refractivity contribution in [2.24, 2.45) is 23.1 Å². The van der Waals surface area contributed by atoms with Crippen LogP contribution in [0.25, 0.3) is 22.5 Å². The molecular weight excluding hydrogens is 843 g/mol. The summed E-state index contributed by atoms with van der Waals surface area (Å²) in [7, 11) is 1.41. The molecule has 5 rings (SSSR count). The number of aromatic nitrogens is 2. The minimum absolute atomic E-state index is 0.00108. The van der Waals surface area contributed by atoms with E-state index in [9.17, 15) is 24.0 Å². The summed E-state index contributed by atoms with van der Waals surface area (Å²) in [6.07, 6.45) is 1.38. The fraction of sp³-hybridized carbons (Fsp3) is 0.375. The van der Waals surface area contributed by atoms with Crippen LogP contribution in [-0.2, 0) is 25.6 Å². The van der Waals surface area contributed by atoms with Crippen LogP contribution >= 0.6 is 0 Å². The summed E-state index contributed by atoms with van der Waals surface area (Å²) in [5.74, 6) is 4.24. The standard InChI is InChI=1S/C48H57N11O7/c1-28(2)6-7-31-8-11-33(12-9-31)43-54-27-37(29(3)55-43)45(61)57-38(16-17-49)48(64)59(5)42-34-13-15-41(66-23-20-52)36(26-34)35-24-32(10-14-40(35)65-22-19-51)25-39(46(62)53-21-18-50)58-44(60)30(4)56-47(42)63/h8-15,24,26-28,30,38-39,42H,16-17,19-23,25,49,51-52H2,1-5H3,(H,53,62)(H,56,63)(H,57,61)(H,58,60)/t30-,38-,39-,42-/m0/s1. The second-order valence-electron chi connectivity index (χ2n) is 15.9. The van der Waals surface area contributed by atoms with E-state index in [1.54, 1.807) is 43.3 Å². The molecule has 10 N–H and O–H groups in total. The Hall–Kier alpha value is -7.38. The maximum atomic E-state index is 14.6. The Kier molecular flexibility index (Phi) is 17.7. The molecule has 0 fully saturated rings. The van der Waals surface area contributed by atoms with Crippen molar-refractivity contribution >= 4 is 29.5 Å². The van der Waals surface area contributed by atoms with Crippen LogP contribution < -0.4 is 47.9 Å². The third-order valence-corrected chi connectivity index (χ3v) is 10.5. The first-order valence-electron chi connectivity index (χ1n) is 21.6. The third kappa shape index (κ3) is 12.7. The normalized spacial score (nSPS) is 16.2. The van der Waals surface area contributed by atoms with E-state index in [0.29, 0.717) is 45.3 Å². The number of carbonyl (C=O) groups is 5. The molecule has 1 aliphatic heterocycles. The largest absolute Gasteiger partial charge is 0.492 e. The monoisotopic (exact) mass is 899 g/mol. The molecule has 4 atom stereocenters. The van der Waals surface area contributed by atoms with Gasteiger partial charge >= 0.3 is 0 Å². The number of nitrogens with two attached hydrogens (primary N) is 3. The summed E-state index contributed by atoms with van der Waals surface area (Å²) >= 11 is 0. The zero-order valence-electron chi connectivity index (χ0n) is 37.8. The number of benzene rings is 3. The van der Waals surface area contributed by atoms with Gasteiger partial charge in [0.15, 0.2) is 5.82 Å². The third-order valence-electron chi connectivity index (χ3n) is 10.5. The average Bonchev–Trinajstić information content (AvgIpc) is 3.30. The summed E-state index contributed by atoms with van der Waals surface area (Å²) < 4.78 is 12.2.